The number of fused-ring (bicyclic) bond motifs is 2. The van der Waals surface area contributed by atoms with Crippen LogP contribution in [0.4, 0.5) is 14.9 Å². The number of carbonyl (C=O) groups excluding carboxylic acids is 1. The van der Waals surface area contributed by atoms with Crippen LogP contribution in [0, 0.1) is 5.82 Å². The predicted molar refractivity (Wildman–Crippen MR) is 123 cm³/mol. The van der Waals surface area contributed by atoms with Crippen LogP contribution in [-0.4, -0.2) is 32.1 Å². The number of amides is 2. The number of nitrogens with one attached hydrogen (secondary N) is 3. The molecule has 0 bridgehead atoms. The van der Waals surface area contributed by atoms with Crippen molar-refractivity contribution in [3.63, 3.8) is 0 Å². The standard InChI is InChI=1S/C23H25FN6O2/c1-3-5-6-9-26-23(32)29-17-12-19-18(11-16(17)24)27-20(22(31)28-19)15-13-30(4-2)21-14(15)8-7-10-25-21/h7-8,10-13H,3-6,9H2,1-2H3,(H,28,31)(H2,26,29,32). The molecule has 0 aliphatic carbocycles. The van der Waals surface area contributed by atoms with Gasteiger partial charge in [0.1, 0.15) is 17.2 Å². The summed E-state index contributed by atoms with van der Waals surface area (Å²) < 4.78 is 16.6. The Labute approximate surface area is 183 Å². The van der Waals surface area contributed by atoms with E-state index in [9.17, 15) is 14.0 Å². The van der Waals surface area contributed by atoms with Gasteiger partial charge in [0.05, 0.1) is 16.7 Å². The number of nitrogens with zero attached hydrogens (tertiary/aromatic N) is 3. The molecule has 1 aromatic carbocycles. The molecule has 0 atom stereocenters. The Morgan fingerprint density at radius 3 is 2.88 bits per heavy atom. The summed E-state index contributed by atoms with van der Waals surface area (Å²) in [5.74, 6) is -0.635. The van der Waals surface area contributed by atoms with Gasteiger partial charge in [-0.3, -0.25) is 4.79 Å². The van der Waals surface area contributed by atoms with Gasteiger partial charge >= 0.3 is 6.03 Å². The molecular formula is C23H25FN6O2. The molecule has 32 heavy (non-hydrogen) atoms. The minimum absolute atomic E-state index is 0.0255. The summed E-state index contributed by atoms with van der Waals surface area (Å²) in [6.45, 7) is 5.25. The number of pyridine rings is 1. The summed E-state index contributed by atoms with van der Waals surface area (Å²) >= 11 is 0. The Hall–Kier alpha value is -3.75. The van der Waals surface area contributed by atoms with Gasteiger partial charge in [0, 0.05) is 42.5 Å². The SMILES string of the molecule is CCCCCNC(=O)Nc1cc2[nH]c(=O)c(-c3cn(CC)c4ncccc34)nc2cc1F. The lowest BCUT2D eigenvalue weighted by atomic mass is 10.1. The Morgan fingerprint density at radius 1 is 1.25 bits per heavy atom. The molecule has 4 rings (SSSR count). The normalized spacial score (nSPS) is 11.2. The van der Waals surface area contributed by atoms with Gasteiger partial charge in [-0.25, -0.2) is 19.2 Å². The van der Waals surface area contributed by atoms with E-state index >= 15 is 0 Å². The largest absolute Gasteiger partial charge is 0.338 e. The zero-order valence-electron chi connectivity index (χ0n) is 18.0. The molecule has 0 unspecified atom stereocenters. The molecule has 166 valence electrons. The van der Waals surface area contributed by atoms with Crippen LogP contribution in [0.2, 0.25) is 0 Å². The molecule has 0 spiro atoms. The predicted octanol–water partition coefficient (Wildman–Crippen LogP) is 4.41. The molecule has 4 aromatic rings. The summed E-state index contributed by atoms with van der Waals surface area (Å²) in [5, 5.41) is 5.99. The number of anilines is 1. The van der Waals surface area contributed by atoms with Crippen LogP contribution in [0.3, 0.4) is 0 Å². The fourth-order valence-electron chi connectivity index (χ4n) is 3.68. The average Bonchev–Trinajstić information content (AvgIpc) is 3.16. The van der Waals surface area contributed by atoms with Crippen LogP contribution in [-0.2, 0) is 6.54 Å². The summed E-state index contributed by atoms with van der Waals surface area (Å²) in [6.07, 6.45) is 6.43. The number of aromatic amines is 1. The number of H-pyrrole nitrogens is 1. The van der Waals surface area contributed by atoms with Gasteiger partial charge in [-0.2, -0.15) is 0 Å². The van der Waals surface area contributed by atoms with Crippen LogP contribution >= 0.6 is 0 Å². The molecule has 0 radical (unpaired) electrons. The molecule has 0 saturated carbocycles. The molecule has 3 aromatic heterocycles. The second kappa shape index (κ2) is 9.17. The molecule has 3 N–H and O–H groups in total. The zero-order chi connectivity index (χ0) is 22.7. The molecule has 0 aliphatic heterocycles. The van der Waals surface area contributed by atoms with Gasteiger partial charge in [-0.1, -0.05) is 19.8 Å². The van der Waals surface area contributed by atoms with Crippen LogP contribution < -0.4 is 16.2 Å². The molecule has 3 heterocycles. The Kier molecular flexibility index (Phi) is 6.16. The van der Waals surface area contributed by atoms with Crippen molar-refractivity contribution < 1.29 is 9.18 Å². The lowest BCUT2D eigenvalue weighted by molar-refractivity contribution is 0.252. The van der Waals surface area contributed by atoms with Gasteiger partial charge in [0.25, 0.3) is 5.56 Å². The number of aryl methyl sites for hydroxylation is 1. The highest BCUT2D eigenvalue weighted by molar-refractivity contribution is 5.95. The third-order valence-corrected chi connectivity index (χ3v) is 5.32. The number of unbranched alkanes of at least 4 members (excludes halogenated alkanes) is 2. The molecule has 0 saturated heterocycles. The quantitative estimate of drug-likeness (QED) is 0.373. The van der Waals surface area contributed by atoms with Crippen molar-refractivity contribution in [3.8, 4) is 11.3 Å². The first kappa shape index (κ1) is 21.5. The van der Waals surface area contributed by atoms with Gasteiger partial charge < -0.3 is 20.2 Å². The van der Waals surface area contributed by atoms with E-state index in [0.29, 0.717) is 24.2 Å². The van der Waals surface area contributed by atoms with Crippen molar-refractivity contribution in [3.05, 3.63) is 52.8 Å². The van der Waals surface area contributed by atoms with Crippen LogP contribution in [0.25, 0.3) is 33.3 Å². The number of urea groups is 1. The fraction of sp³-hybridized carbons (Fsp3) is 0.304. The first-order valence-corrected chi connectivity index (χ1v) is 10.7. The number of benzene rings is 1. The highest BCUT2D eigenvalue weighted by Crippen LogP contribution is 2.28. The van der Waals surface area contributed by atoms with E-state index in [1.165, 1.54) is 12.1 Å². The number of halogens is 1. The molecule has 2 amide bonds. The van der Waals surface area contributed by atoms with Crippen LogP contribution in [0.1, 0.15) is 33.1 Å². The first-order chi connectivity index (χ1) is 15.5. The molecule has 8 nitrogen and oxygen atoms in total. The molecule has 0 fully saturated rings. The van der Waals surface area contributed by atoms with Gasteiger partial charge in [-0.15, -0.1) is 0 Å². The third-order valence-electron chi connectivity index (χ3n) is 5.32. The number of hydrogen-bond acceptors (Lipinski definition) is 4. The minimum atomic E-state index is -0.635. The van der Waals surface area contributed by atoms with Crippen molar-refractivity contribution in [2.45, 2.75) is 39.7 Å². The lowest BCUT2D eigenvalue weighted by Crippen LogP contribution is -2.29. The Balaban J connectivity index is 1.68. The highest BCUT2D eigenvalue weighted by atomic mass is 19.1. The Bertz CT molecular complexity index is 1340. The lowest BCUT2D eigenvalue weighted by Gasteiger charge is -2.10. The number of rotatable bonds is 7. The number of aromatic nitrogens is 4. The highest BCUT2D eigenvalue weighted by Gasteiger charge is 2.17. The van der Waals surface area contributed by atoms with E-state index in [1.807, 2.05) is 23.8 Å². The van der Waals surface area contributed by atoms with Crippen molar-refractivity contribution in [1.82, 2.24) is 24.8 Å². The van der Waals surface area contributed by atoms with Gasteiger partial charge in [-0.05, 0) is 31.5 Å². The maximum atomic E-state index is 14.7. The monoisotopic (exact) mass is 436 g/mol. The smallest absolute Gasteiger partial charge is 0.319 e. The maximum absolute atomic E-state index is 14.7. The second-order valence-corrected chi connectivity index (χ2v) is 7.56. The van der Waals surface area contributed by atoms with E-state index in [2.05, 4.69) is 32.5 Å². The van der Waals surface area contributed by atoms with E-state index < -0.39 is 17.4 Å². The summed E-state index contributed by atoms with van der Waals surface area (Å²) in [4.78, 5) is 36.5. The van der Waals surface area contributed by atoms with Crippen molar-refractivity contribution in [1.29, 1.82) is 0 Å². The summed E-state index contributed by atoms with van der Waals surface area (Å²) in [5.41, 5.74) is 1.76. The topological polar surface area (TPSA) is 105 Å². The van der Waals surface area contributed by atoms with E-state index in [0.717, 1.165) is 30.3 Å². The first-order valence-electron chi connectivity index (χ1n) is 10.7. The fourth-order valence-corrected chi connectivity index (χ4v) is 3.68. The van der Waals surface area contributed by atoms with Crippen molar-refractivity contribution in [2.24, 2.45) is 0 Å². The maximum Gasteiger partial charge on any atom is 0.319 e. The van der Waals surface area contributed by atoms with Gasteiger partial charge in [0.2, 0.25) is 0 Å². The molecule has 0 aliphatic rings. The van der Waals surface area contributed by atoms with E-state index in [-0.39, 0.29) is 16.9 Å². The van der Waals surface area contributed by atoms with Gasteiger partial charge in [0.15, 0.2) is 0 Å². The second-order valence-electron chi connectivity index (χ2n) is 7.56. The Morgan fingerprint density at radius 2 is 2.09 bits per heavy atom. The number of hydrogen-bond donors (Lipinski definition) is 3. The van der Waals surface area contributed by atoms with Crippen LogP contribution in [0.15, 0.2) is 41.5 Å². The minimum Gasteiger partial charge on any atom is -0.338 e. The van der Waals surface area contributed by atoms with E-state index in [1.54, 1.807) is 12.3 Å². The molecule has 9 heteroatoms. The third kappa shape index (κ3) is 4.18. The van der Waals surface area contributed by atoms with Crippen molar-refractivity contribution in [2.75, 3.05) is 11.9 Å². The summed E-state index contributed by atoms with van der Waals surface area (Å²) in [7, 11) is 0. The van der Waals surface area contributed by atoms with Crippen LogP contribution in [0.5, 0.6) is 0 Å². The average molecular weight is 436 g/mol. The zero-order valence-corrected chi connectivity index (χ0v) is 18.0. The van der Waals surface area contributed by atoms with Crippen molar-refractivity contribution >= 4 is 33.8 Å². The molecular weight excluding hydrogens is 411 g/mol. The van der Waals surface area contributed by atoms with E-state index in [4.69, 9.17) is 0 Å². The summed E-state index contributed by atoms with van der Waals surface area (Å²) in [6, 6.07) is 5.77. The number of carbonyl (C=O) groups is 1.